The molecule has 0 aromatic carbocycles. The molecule has 2 aliphatic heterocycles. The van der Waals surface area contributed by atoms with E-state index in [1.54, 1.807) is 0 Å². The molecule has 6 nitrogen and oxygen atoms in total. The minimum Gasteiger partial charge on any atom is -0.357 e. The van der Waals surface area contributed by atoms with Gasteiger partial charge in [-0.05, 0) is 32.6 Å². The highest BCUT2D eigenvalue weighted by Gasteiger charge is 2.31. The van der Waals surface area contributed by atoms with Gasteiger partial charge in [0.25, 0.3) is 0 Å². The van der Waals surface area contributed by atoms with Crippen LogP contribution in [0.5, 0.6) is 0 Å². The molecular formula is C18H33N5O. The Labute approximate surface area is 146 Å². The summed E-state index contributed by atoms with van der Waals surface area (Å²) in [6.45, 7) is 10.9. The lowest BCUT2D eigenvalue weighted by Gasteiger charge is -2.38. The molecule has 3 rings (SSSR count). The molecule has 24 heavy (non-hydrogen) atoms. The number of piperazine rings is 1. The van der Waals surface area contributed by atoms with E-state index in [-0.39, 0.29) is 0 Å². The lowest BCUT2D eigenvalue weighted by molar-refractivity contribution is -0.139. The quantitative estimate of drug-likeness (QED) is 0.601. The molecule has 0 unspecified atom stereocenters. The summed E-state index contributed by atoms with van der Waals surface area (Å²) in [6, 6.07) is 0. The number of hydrogen-bond donors (Lipinski definition) is 1. The third kappa shape index (κ3) is 4.41. The Hall–Kier alpha value is -1.30. The van der Waals surface area contributed by atoms with Crippen LogP contribution in [-0.2, 0) is 4.79 Å². The molecule has 0 bridgehead atoms. The van der Waals surface area contributed by atoms with Gasteiger partial charge in [-0.2, -0.15) is 0 Å². The van der Waals surface area contributed by atoms with Crippen LogP contribution in [0.25, 0.3) is 0 Å². The molecule has 0 aromatic heterocycles. The van der Waals surface area contributed by atoms with Crippen molar-refractivity contribution in [2.75, 3.05) is 58.9 Å². The number of carbonyl (C=O) groups is 1. The van der Waals surface area contributed by atoms with Crippen molar-refractivity contribution in [2.24, 2.45) is 10.9 Å². The van der Waals surface area contributed by atoms with Crippen molar-refractivity contribution in [2.45, 2.75) is 39.0 Å². The minimum atomic E-state index is 0.337. The van der Waals surface area contributed by atoms with E-state index in [0.29, 0.717) is 11.8 Å². The van der Waals surface area contributed by atoms with Gasteiger partial charge in [-0.3, -0.25) is 14.7 Å². The monoisotopic (exact) mass is 335 g/mol. The van der Waals surface area contributed by atoms with Gasteiger partial charge in [0.2, 0.25) is 5.91 Å². The second kappa shape index (κ2) is 8.70. The number of likely N-dealkylation sites (tertiary alicyclic amines) is 1. The highest BCUT2D eigenvalue weighted by Crippen LogP contribution is 2.28. The van der Waals surface area contributed by atoms with Gasteiger partial charge in [-0.1, -0.05) is 6.42 Å². The molecule has 1 N–H and O–H groups in total. The molecule has 0 radical (unpaired) electrons. The van der Waals surface area contributed by atoms with Crippen LogP contribution in [0.3, 0.4) is 0 Å². The number of carbonyl (C=O) groups excluding carboxylic acids is 1. The fourth-order valence-electron chi connectivity index (χ4n) is 3.76. The highest BCUT2D eigenvalue weighted by atomic mass is 16.2. The highest BCUT2D eigenvalue weighted by molar-refractivity contribution is 5.80. The lowest BCUT2D eigenvalue weighted by Crippen LogP contribution is -2.51. The molecule has 3 aliphatic rings. The number of aliphatic imine (C=N–C) groups is 1. The molecule has 2 saturated heterocycles. The number of rotatable bonds is 5. The zero-order valence-corrected chi connectivity index (χ0v) is 15.2. The van der Waals surface area contributed by atoms with E-state index in [1.165, 1.54) is 19.3 Å². The van der Waals surface area contributed by atoms with Gasteiger partial charge in [0.15, 0.2) is 5.96 Å². The Balaban J connectivity index is 1.39. The van der Waals surface area contributed by atoms with Crippen molar-refractivity contribution < 1.29 is 4.79 Å². The molecular weight excluding hydrogens is 302 g/mol. The van der Waals surface area contributed by atoms with E-state index in [4.69, 9.17) is 4.99 Å². The van der Waals surface area contributed by atoms with Gasteiger partial charge >= 0.3 is 0 Å². The topological polar surface area (TPSA) is 51.2 Å². The Kier molecular flexibility index (Phi) is 6.35. The van der Waals surface area contributed by atoms with E-state index < -0.39 is 0 Å². The summed E-state index contributed by atoms with van der Waals surface area (Å²) < 4.78 is 0. The molecule has 6 heteroatoms. The summed E-state index contributed by atoms with van der Waals surface area (Å²) in [5.41, 5.74) is 0. The number of nitrogens with zero attached hydrogens (tertiary/aromatic N) is 4. The summed E-state index contributed by atoms with van der Waals surface area (Å²) in [4.78, 5) is 24.0. The SMILES string of the molecule is CCNC(=NCCN1CCN(C(=O)C2CCC2)CC1)N1CCCC1. The molecule has 1 saturated carbocycles. The molecule has 2 heterocycles. The maximum Gasteiger partial charge on any atom is 0.225 e. The van der Waals surface area contributed by atoms with E-state index in [0.717, 1.165) is 77.7 Å². The van der Waals surface area contributed by atoms with Gasteiger partial charge < -0.3 is 15.1 Å². The number of nitrogens with one attached hydrogen (secondary N) is 1. The standard InChI is InChI=1S/C18H33N5O/c1-2-19-18(23-9-3-4-10-23)20-8-11-21-12-14-22(15-13-21)17(24)16-6-5-7-16/h16H,2-15H2,1H3,(H,19,20). The minimum absolute atomic E-state index is 0.337. The second-order valence-electron chi connectivity index (χ2n) is 7.22. The van der Waals surface area contributed by atoms with Crippen LogP contribution >= 0.6 is 0 Å². The van der Waals surface area contributed by atoms with Crippen LogP contribution in [-0.4, -0.2) is 85.5 Å². The van der Waals surface area contributed by atoms with E-state index in [9.17, 15) is 4.79 Å². The van der Waals surface area contributed by atoms with Crippen LogP contribution < -0.4 is 5.32 Å². The molecule has 0 aromatic rings. The van der Waals surface area contributed by atoms with Gasteiger partial charge in [-0.15, -0.1) is 0 Å². The Morgan fingerprint density at radius 3 is 2.29 bits per heavy atom. The summed E-state index contributed by atoms with van der Waals surface area (Å²) >= 11 is 0. The second-order valence-corrected chi connectivity index (χ2v) is 7.22. The van der Waals surface area contributed by atoms with E-state index in [1.807, 2.05) is 0 Å². The first-order valence-corrected chi connectivity index (χ1v) is 9.82. The summed E-state index contributed by atoms with van der Waals surface area (Å²) in [5.74, 6) is 1.82. The van der Waals surface area contributed by atoms with Crippen LogP contribution in [0.1, 0.15) is 39.0 Å². The van der Waals surface area contributed by atoms with Crippen molar-refractivity contribution in [3.63, 3.8) is 0 Å². The van der Waals surface area contributed by atoms with E-state index in [2.05, 4.69) is 26.9 Å². The molecule has 3 fully saturated rings. The maximum absolute atomic E-state index is 12.3. The largest absolute Gasteiger partial charge is 0.357 e. The first-order valence-electron chi connectivity index (χ1n) is 9.82. The van der Waals surface area contributed by atoms with Gasteiger partial charge in [0.1, 0.15) is 0 Å². The number of amides is 1. The summed E-state index contributed by atoms with van der Waals surface area (Å²) in [6.07, 6.45) is 6.01. The van der Waals surface area contributed by atoms with Crippen LogP contribution in [0, 0.1) is 5.92 Å². The molecule has 1 aliphatic carbocycles. The Bertz CT molecular complexity index is 435. The Morgan fingerprint density at radius 2 is 1.71 bits per heavy atom. The predicted molar refractivity (Wildman–Crippen MR) is 97.1 cm³/mol. The zero-order chi connectivity index (χ0) is 16.8. The fourth-order valence-corrected chi connectivity index (χ4v) is 3.76. The van der Waals surface area contributed by atoms with Crippen LogP contribution in [0.2, 0.25) is 0 Å². The van der Waals surface area contributed by atoms with E-state index >= 15 is 0 Å². The summed E-state index contributed by atoms with van der Waals surface area (Å²) in [5, 5.41) is 3.41. The third-order valence-electron chi connectivity index (χ3n) is 5.56. The normalized spacial score (nSPS) is 23.5. The molecule has 1 amide bonds. The smallest absolute Gasteiger partial charge is 0.225 e. The van der Waals surface area contributed by atoms with Gasteiger partial charge in [0, 0.05) is 58.3 Å². The first kappa shape index (κ1) is 17.5. The van der Waals surface area contributed by atoms with Crippen LogP contribution in [0.4, 0.5) is 0 Å². The Morgan fingerprint density at radius 1 is 1.00 bits per heavy atom. The van der Waals surface area contributed by atoms with Crippen molar-refractivity contribution in [1.82, 2.24) is 20.0 Å². The van der Waals surface area contributed by atoms with Gasteiger partial charge in [0.05, 0.1) is 6.54 Å². The molecule has 0 atom stereocenters. The zero-order valence-electron chi connectivity index (χ0n) is 15.2. The average Bonchev–Trinajstić information content (AvgIpc) is 3.07. The average molecular weight is 335 g/mol. The van der Waals surface area contributed by atoms with Crippen molar-refractivity contribution >= 4 is 11.9 Å². The molecule has 0 spiro atoms. The van der Waals surface area contributed by atoms with Crippen molar-refractivity contribution in [1.29, 1.82) is 0 Å². The maximum atomic E-state index is 12.3. The number of guanidine groups is 1. The predicted octanol–water partition coefficient (Wildman–Crippen LogP) is 0.992. The summed E-state index contributed by atoms with van der Waals surface area (Å²) in [7, 11) is 0. The number of hydrogen-bond acceptors (Lipinski definition) is 3. The lowest BCUT2D eigenvalue weighted by atomic mass is 9.84. The fraction of sp³-hybridized carbons (Fsp3) is 0.889. The first-order chi connectivity index (χ1) is 11.8. The van der Waals surface area contributed by atoms with Crippen molar-refractivity contribution in [3.8, 4) is 0 Å². The van der Waals surface area contributed by atoms with Crippen molar-refractivity contribution in [3.05, 3.63) is 0 Å². The van der Waals surface area contributed by atoms with Crippen LogP contribution in [0.15, 0.2) is 4.99 Å². The van der Waals surface area contributed by atoms with Gasteiger partial charge in [-0.25, -0.2) is 0 Å². The third-order valence-corrected chi connectivity index (χ3v) is 5.56. The molecule has 136 valence electrons.